The Morgan fingerprint density at radius 3 is 2.64 bits per heavy atom. The fourth-order valence-electron chi connectivity index (χ4n) is 7.98. The maximum atomic E-state index is 2.91. The van der Waals surface area contributed by atoms with E-state index in [1.807, 2.05) is 0 Å². The fraction of sp³-hybridized carbons (Fsp3) is 0.700. The zero-order chi connectivity index (χ0) is 14.6. The van der Waals surface area contributed by atoms with E-state index >= 15 is 0 Å². The molecule has 3 saturated carbocycles. The highest BCUT2D eigenvalue weighted by Gasteiger charge is 2.76. The Morgan fingerprint density at radius 2 is 1.77 bits per heavy atom. The Morgan fingerprint density at radius 1 is 0.955 bits per heavy atom. The third-order valence-electron chi connectivity index (χ3n) is 8.62. The van der Waals surface area contributed by atoms with Gasteiger partial charge in [0.25, 0.3) is 0 Å². The van der Waals surface area contributed by atoms with Crippen LogP contribution in [0.25, 0.3) is 0 Å². The van der Waals surface area contributed by atoms with E-state index in [0.29, 0.717) is 16.4 Å². The molecule has 0 unspecified atom stereocenters. The number of piperidine rings is 1. The number of fused-ring (bicyclic) bond motifs is 3. The second-order valence-electron chi connectivity index (χ2n) is 8.73. The smallest absolute Gasteiger partial charge is 0.0512 e. The van der Waals surface area contributed by atoms with Crippen LogP contribution in [0.1, 0.15) is 50.5 Å². The second kappa shape index (κ2) is 3.56. The third kappa shape index (κ3) is 1.01. The summed E-state index contributed by atoms with van der Waals surface area (Å²) in [5.74, 6) is 0. The van der Waals surface area contributed by atoms with Crippen molar-refractivity contribution in [2.45, 2.75) is 61.9 Å². The second-order valence-corrected chi connectivity index (χ2v) is 8.73. The molecule has 3 spiro atoms. The van der Waals surface area contributed by atoms with Crippen molar-refractivity contribution < 1.29 is 0 Å². The number of rotatable bonds is 0. The van der Waals surface area contributed by atoms with Crippen molar-refractivity contribution in [1.82, 2.24) is 4.90 Å². The molecule has 5 fully saturated rings. The Balaban J connectivity index is 1.68. The van der Waals surface area contributed by atoms with Gasteiger partial charge >= 0.3 is 0 Å². The van der Waals surface area contributed by atoms with E-state index in [1.165, 1.54) is 58.0 Å². The van der Waals surface area contributed by atoms with Crippen molar-refractivity contribution >= 4 is 5.69 Å². The van der Waals surface area contributed by atoms with Crippen molar-refractivity contribution in [3.8, 4) is 0 Å². The van der Waals surface area contributed by atoms with Crippen LogP contribution in [0.2, 0.25) is 0 Å². The number of likely N-dealkylation sites (N-methyl/N-ethyl adjacent to an activating group) is 1. The molecular weight excluding hydrogens is 268 g/mol. The molecule has 116 valence electrons. The zero-order valence-corrected chi connectivity index (χ0v) is 13.6. The van der Waals surface area contributed by atoms with Crippen molar-refractivity contribution in [3.05, 3.63) is 29.8 Å². The number of benzene rings is 1. The van der Waals surface area contributed by atoms with Crippen molar-refractivity contribution in [2.24, 2.45) is 5.41 Å². The fourth-order valence-corrected chi connectivity index (χ4v) is 7.98. The average molecular weight is 294 g/mol. The molecule has 7 rings (SSSR count). The molecule has 0 radical (unpaired) electrons. The van der Waals surface area contributed by atoms with Gasteiger partial charge in [0, 0.05) is 24.2 Å². The molecule has 0 amide bonds. The highest BCUT2D eigenvalue weighted by Crippen LogP contribution is 2.73. The van der Waals surface area contributed by atoms with E-state index in [1.54, 1.807) is 11.3 Å². The third-order valence-corrected chi connectivity index (χ3v) is 8.62. The lowest BCUT2D eigenvalue weighted by Crippen LogP contribution is -2.74. The summed E-state index contributed by atoms with van der Waals surface area (Å²) in [6.45, 7) is 2.70. The molecule has 1 aromatic rings. The summed E-state index contributed by atoms with van der Waals surface area (Å²) in [4.78, 5) is 5.63. The summed E-state index contributed by atoms with van der Waals surface area (Å²) < 4.78 is 0. The van der Waals surface area contributed by atoms with Crippen LogP contribution in [-0.4, -0.2) is 36.6 Å². The molecule has 2 nitrogen and oxygen atoms in total. The van der Waals surface area contributed by atoms with Crippen molar-refractivity contribution in [1.29, 1.82) is 0 Å². The van der Waals surface area contributed by atoms with Gasteiger partial charge in [-0.15, -0.1) is 0 Å². The number of anilines is 1. The lowest BCUT2D eigenvalue weighted by molar-refractivity contribution is -0.105. The van der Waals surface area contributed by atoms with Gasteiger partial charge in [0.1, 0.15) is 0 Å². The largest absolute Gasteiger partial charge is 0.368 e. The zero-order valence-electron chi connectivity index (χ0n) is 13.6. The lowest BCUT2D eigenvalue weighted by Gasteiger charge is -2.68. The van der Waals surface area contributed by atoms with Gasteiger partial charge in [0.05, 0.1) is 5.54 Å². The van der Waals surface area contributed by atoms with E-state index in [0.717, 1.165) is 6.04 Å². The summed E-state index contributed by atoms with van der Waals surface area (Å²) in [6, 6.07) is 10.2. The molecule has 2 heteroatoms. The van der Waals surface area contributed by atoms with Gasteiger partial charge < -0.3 is 4.90 Å². The van der Waals surface area contributed by atoms with E-state index in [2.05, 4.69) is 41.1 Å². The topological polar surface area (TPSA) is 6.48 Å². The van der Waals surface area contributed by atoms with Gasteiger partial charge in [-0.05, 0) is 75.1 Å². The van der Waals surface area contributed by atoms with Crippen LogP contribution in [0.4, 0.5) is 5.69 Å². The van der Waals surface area contributed by atoms with Crippen LogP contribution in [-0.2, 0) is 5.41 Å². The molecule has 1 aromatic carbocycles. The number of para-hydroxylation sites is 1. The molecular formula is C20H26N2. The van der Waals surface area contributed by atoms with E-state index in [-0.39, 0.29) is 0 Å². The van der Waals surface area contributed by atoms with Gasteiger partial charge in [-0.3, -0.25) is 4.90 Å². The average Bonchev–Trinajstić information content (AvgIpc) is 3.07. The van der Waals surface area contributed by atoms with Gasteiger partial charge in [0.15, 0.2) is 0 Å². The first-order chi connectivity index (χ1) is 10.7. The van der Waals surface area contributed by atoms with Crippen molar-refractivity contribution in [3.63, 3.8) is 0 Å². The van der Waals surface area contributed by atoms with Crippen LogP contribution >= 0.6 is 0 Å². The van der Waals surface area contributed by atoms with E-state index < -0.39 is 0 Å². The van der Waals surface area contributed by atoms with Crippen LogP contribution < -0.4 is 4.90 Å². The summed E-state index contributed by atoms with van der Waals surface area (Å²) in [5, 5.41) is 0. The first-order valence-corrected chi connectivity index (χ1v) is 9.31. The van der Waals surface area contributed by atoms with Crippen LogP contribution in [0.15, 0.2) is 24.3 Å². The SMILES string of the molecule is CN1c2ccccc2[C@@]23CCN4CCCC5(CCC12CC5)[C@H]43. The Kier molecular flexibility index (Phi) is 2.01. The minimum Gasteiger partial charge on any atom is -0.368 e. The van der Waals surface area contributed by atoms with Gasteiger partial charge in [0.2, 0.25) is 0 Å². The summed E-state index contributed by atoms with van der Waals surface area (Å²) >= 11 is 0. The summed E-state index contributed by atoms with van der Waals surface area (Å²) in [6.07, 6.45) is 10.2. The minimum atomic E-state index is 0.426. The van der Waals surface area contributed by atoms with Crippen LogP contribution in [0.3, 0.4) is 0 Å². The van der Waals surface area contributed by atoms with Crippen LogP contribution in [0.5, 0.6) is 0 Å². The normalized spacial score (nSPS) is 48.2. The Hall–Kier alpha value is -1.02. The Bertz CT molecular complexity index is 657. The molecule has 0 N–H and O–H groups in total. The highest BCUT2D eigenvalue weighted by molar-refractivity contribution is 5.69. The van der Waals surface area contributed by atoms with E-state index in [9.17, 15) is 0 Å². The molecule has 2 bridgehead atoms. The maximum absolute atomic E-state index is 2.91. The van der Waals surface area contributed by atoms with Gasteiger partial charge in [-0.2, -0.15) is 0 Å². The lowest BCUT2D eigenvalue weighted by atomic mass is 9.41. The standard InChI is InChI=1S/C20H26N2/c1-21-16-6-3-2-5-15(16)20-12-14-22-13-4-7-18(17(20)22)8-10-19(20,21)11-9-18/h2-3,5-6,17H,4,7-14H2,1H3/t17-,18?,19?,20+/m0/s1. The first-order valence-electron chi connectivity index (χ1n) is 9.31. The minimum absolute atomic E-state index is 0.426. The van der Waals surface area contributed by atoms with Crippen LogP contribution in [0, 0.1) is 5.41 Å². The summed E-state index contributed by atoms with van der Waals surface area (Å²) in [5.41, 5.74) is 4.77. The highest BCUT2D eigenvalue weighted by atomic mass is 15.3. The molecule has 6 aliphatic rings. The van der Waals surface area contributed by atoms with E-state index in [4.69, 9.17) is 0 Å². The molecule has 2 atom stereocenters. The van der Waals surface area contributed by atoms with Gasteiger partial charge in [-0.1, -0.05) is 18.2 Å². The number of nitrogens with zero attached hydrogens (tertiary/aromatic N) is 2. The molecule has 22 heavy (non-hydrogen) atoms. The maximum Gasteiger partial charge on any atom is 0.0512 e. The number of hydrogen-bond donors (Lipinski definition) is 0. The Labute approximate surface area is 133 Å². The molecule has 3 aliphatic heterocycles. The van der Waals surface area contributed by atoms with Crippen molar-refractivity contribution in [2.75, 3.05) is 25.0 Å². The quantitative estimate of drug-likeness (QED) is 0.722. The predicted octanol–water partition coefficient (Wildman–Crippen LogP) is 3.56. The predicted molar refractivity (Wildman–Crippen MR) is 89.4 cm³/mol. The molecule has 3 aliphatic carbocycles. The number of hydrogen-bond acceptors (Lipinski definition) is 2. The molecule has 2 saturated heterocycles. The first kappa shape index (κ1) is 12.4. The molecule has 3 heterocycles. The monoisotopic (exact) mass is 294 g/mol. The molecule has 0 aromatic heterocycles. The van der Waals surface area contributed by atoms with Gasteiger partial charge in [-0.25, -0.2) is 0 Å². The summed E-state index contributed by atoms with van der Waals surface area (Å²) in [7, 11) is 2.40.